The van der Waals surface area contributed by atoms with E-state index in [1.807, 2.05) is 0 Å². The molecular weight excluding hydrogens is 637 g/mol. The van der Waals surface area contributed by atoms with E-state index in [-0.39, 0.29) is 74.2 Å². The maximum absolute atomic E-state index is 2.22. The predicted octanol–water partition coefficient (Wildman–Crippen LogP) is 0.690. The summed E-state index contributed by atoms with van der Waals surface area (Å²) >= 11 is 0. The van der Waals surface area contributed by atoms with Crippen LogP contribution in [-0.2, 0) is 26.2 Å². The van der Waals surface area contributed by atoms with Crippen molar-refractivity contribution in [1.29, 1.82) is 0 Å². The van der Waals surface area contributed by atoms with Gasteiger partial charge >= 0.3 is 26.2 Å². The monoisotopic (exact) mass is 660 g/mol. The fourth-order valence-corrected chi connectivity index (χ4v) is 2.89. The summed E-state index contributed by atoms with van der Waals surface area (Å²) in [4.78, 5) is 0. The Morgan fingerprint density at radius 3 is 1.35 bits per heavy atom. The van der Waals surface area contributed by atoms with Crippen LogP contribution in [0.5, 0.6) is 0 Å². The van der Waals surface area contributed by atoms with Gasteiger partial charge in [-0.2, -0.15) is 35.0 Å². The van der Waals surface area contributed by atoms with Gasteiger partial charge in [0.05, 0.1) is 0 Å². The molecule has 0 saturated carbocycles. The van der Waals surface area contributed by atoms with Crippen LogP contribution in [0.15, 0.2) is 84.9 Å². The summed E-state index contributed by atoms with van der Waals surface area (Å²) in [6, 6.07) is 32.1. The van der Waals surface area contributed by atoms with E-state index in [1.54, 1.807) is 0 Å². The van der Waals surface area contributed by atoms with Crippen molar-refractivity contribution in [2.24, 2.45) is 0 Å². The minimum Gasteiger partial charge on any atom is -1.00 e. The van der Waals surface area contributed by atoms with Crippen molar-refractivity contribution in [1.82, 2.24) is 0 Å². The fourth-order valence-electron chi connectivity index (χ4n) is 2.39. The molecule has 0 spiro atoms. The summed E-state index contributed by atoms with van der Waals surface area (Å²) in [5, 5.41) is 5.32. The van der Waals surface area contributed by atoms with Gasteiger partial charge < -0.3 is 48.0 Å². The van der Waals surface area contributed by atoms with Crippen LogP contribution in [0.25, 0.3) is 21.5 Å². The van der Waals surface area contributed by atoms with Gasteiger partial charge in [-0.05, 0) is 0 Å². The van der Waals surface area contributed by atoms with E-state index >= 15 is 0 Å². The van der Waals surface area contributed by atoms with E-state index in [0.717, 1.165) is 0 Å². The van der Waals surface area contributed by atoms with Gasteiger partial charge in [0, 0.05) is 9.52 Å². The summed E-state index contributed by atoms with van der Waals surface area (Å²) in [6.45, 7) is 4.45. The summed E-state index contributed by atoms with van der Waals surface area (Å²) in [6.07, 6.45) is 0. The maximum atomic E-state index is 2.22. The molecule has 26 heavy (non-hydrogen) atoms. The zero-order valence-electron chi connectivity index (χ0n) is 15.3. The molecule has 0 unspecified atom stereocenters. The fraction of sp³-hybridized carbons (Fsp3) is 0.182. The van der Waals surface area contributed by atoms with E-state index in [1.165, 1.54) is 43.2 Å². The molecule has 4 aromatic rings. The van der Waals surface area contributed by atoms with Crippen LogP contribution in [-0.4, -0.2) is 9.52 Å². The number of halogens is 2. The molecule has 0 nitrogen and oxygen atoms in total. The molecule has 0 heterocycles. The van der Waals surface area contributed by atoms with Crippen molar-refractivity contribution in [2.75, 3.05) is 0 Å². The molecule has 0 aliphatic heterocycles. The molecule has 0 aliphatic carbocycles. The third-order valence-electron chi connectivity index (χ3n) is 3.60. The maximum Gasteiger partial charge on any atom is 4.00 e. The number of fused-ring (bicyclic) bond motifs is 2. The van der Waals surface area contributed by atoms with Crippen LogP contribution in [0.1, 0.15) is 13.8 Å². The molecule has 4 aromatic carbocycles. The van der Waals surface area contributed by atoms with Gasteiger partial charge in [0.1, 0.15) is 0 Å². The summed E-state index contributed by atoms with van der Waals surface area (Å²) in [5.74, 6) is 0. The van der Waals surface area contributed by atoms with Crippen molar-refractivity contribution in [2.45, 2.75) is 25.9 Å². The van der Waals surface area contributed by atoms with Crippen molar-refractivity contribution in [3.05, 3.63) is 84.9 Å². The average Bonchev–Trinajstić information content (AvgIpc) is 3.26. The van der Waals surface area contributed by atoms with E-state index in [2.05, 4.69) is 98.8 Å². The standard InChI is InChI=1S/2C9H7.C4H10Si.2HI.Zr/c2*1-2-5-9-7-3-6-8(9)4-1;1-3-5-4-2;;;/h2*1-7H;3-4H2,1-2H3;2*1H;/q2*-1;;;;+4/p-2. The molecule has 134 valence electrons. The Balaban J connectivity index is 0. The first kappa shape index (κ1) is 28.4. The second-order valence-electron chi connectivity index (χ2n) is 5.27. The largest absolute Gasteiger partial charge is 4.00 e. The van der Waals surface area contributed by atoms with Crippen LogP contribution >= 0.6 is 0 Å². The zero-order chi connectivity index (χ0) is 16.3. The molecule has 0 N–H and O–H groups in total. The normalized spacial score (nSPS) is 8.69. The topological polar surface area (TPSA) is 0 Å². The number of hydrogen-bond acceptors (Lipinski definition) is 0. The molecule has 0 aromatic heterocycles. The van der Waals surface area contributed by atoms with E-state index in [9.17, 15) is 0 Å². The zero-order valence-corrected chi connectivity index (χ0v) is 23.0. The first-order valence-electron chi connectivity index (χ1n) is 8.26. The van der Waals surface area contributed by atoms with Gasteiger partial charge in [-0.15, -0.1) is 59.3 Å². The molecule has 4 heteroatoms. The van der Waals surface area contributed by atoms with E-state index < -0.39 is 0 Å². The summed E-state index contributed by atoms with van der Waals surface area (Å²) in [5.41, 5.74) is 0. The van der Waals surface area contributed by atoms with Crippen LogP contribution in [0.3, 0.4) is 0 Å². The van der Waals surface area contributed by atoms with Gasteiger partial charge in [-0.25, -0.2) is 0 Å². The molecular formula is C22H24I2SiZr. The van der Waals surface area contributed by atoms with Crippen LogP contribution < -0.4 is 48.0 Å². The molecule has 2 radical (unpaired) electrons. The second-order valence-corrected chi connectivity index (χ2v) is 7.18. The Bertz CT molecular complexity index is 679. The number of hydrogen-bond donors (Lipinski definition) is 0. The molecule has 0 fully saturated rings. The molecule has 4 rings (SSSR count). The van der Waals surface area contributed by atoms with Crippen molar-refractivity contribution >= 4 is 31.1 Å². The third kappa shape index (κ3) is 9.95. The van der Waals surface area contributed by atoms with E-state index in [0.29, 0.717) is 0 Å². The SMILES string of the molecule is CC[Si]CC.[I-].[I-].[Zr+4].c1ccc2[cH-]ccc2c1.c1ccc2[cH-]ccc2c1. The summed E-state index contributed by atoms with van der Waals surface area (Å²) in [7, 11) is 1.20. The predicted molar refractivity (Wildman–Crippen MR) is 106 cm³/mol. The molecule has 0 amide bonds. The molecule has 0 atom stereocenters. The van der Waals surface area contributed by atoms with E-state index in [4.69, 9.17) is 0 Å². The first-order chi connectivity index (χ1) is 11.3. The van der Waals surface area contributed by atoms with Gasteiger partial charge in [0.25, 0.3) is 0 Å². The Hall–Kier alpha value is 0.220. The van der Waals surface area contributed by atoms with Crippen molar-refractivity contribution < 1.29 is 74.2 Å². The van der Waals surface area contributed by atoms with Crippen LogP contribution in [0.4, 0.5) is 0 Å². The Kier molecular flexibility index (Phi) is 18.9. The van der Waals surface area contributed by atoms with Crippen molar-refractivity contribution in [3.63, 3.8) is 0 Å². The Labute approximate surface area is 213 Å². The Morgan fingerprint density at radius 1 is 0.654 bits per heavy atom. The minimum absolute atomic E-state index is 0. The summed E-state index contributed by atoms with van der Waals surface area (Å²) < 4.78 is 0. The first-order valence-corrected chi connectivity index (χ1v) is 9.68. The molecule has 0 saturated heterocycles. The van der Waals surface area contributed by atoms with Crippen LogP contribution in [0.2, 0.25) is 12.1 Å². The van der Waals surface area contributed by atoms with Gasteiger partial charge in [0.2, 0.25) is 0 Å². The number of benzene rings is 2. The quantitative estimate of drug-likeness (QED) is 0.169. The number of rotatable bonds is 2. The third-order valence-corrected chi connectivity index (χ3v) is 4.60. The van der Waals surface area contributed by atoms with Gasteiger partial charge in [-0.1, -0.05) is 38.1 Å². The van der Waals surface area contributed by atoms with Crippen LogP contribution in [0, 0.1) is 0 Å². The minimum atomic E-state index is 0. The second kappa shape index (κ2) is 17.3. The Morgan fingerprint density at radius 2 is 1.04 bits per heavy atom. The van der Waals surface area contributed by atoms with Gasteiger partial charge in [-0.3, -0.25) is 0 Å². The van der Waals surface area contributed by atoms with Crippen molar-refractivity contribution in [3.8, 4) is 0 Å². The molecule has 0 aliphatic rings. The van der Waals surface area contributed by atoms with Gasteiger partial charge in [0.15, 0.2) is 0 Å². The smallest absolute Gasteiger partial charge is 1.00 e. The molecule has 0 bridgehead atoms. The average molecular weight is 662 g/mol.